The van der Waals surface area contributed by atoms with Gasteiger partial charge in [0.15, 0.2) is 5.82 Å². The second-order valence-corrected chi connectivity index (χ2v) is 9.62. The first-order valence-corrected chi connectivity index (χ1v) is 11.6. The maximum Gasteiger partial charge on any atom is 0.153 e. The minimum absolute atomic E-state index is 0.333. The monoisotopic (exact) mass is 446 g/mol. The highest BCUT2D eigenvalue weighted by Crippen LogP contribution is 2.37. The van der Waals surface area contributed by atoms with E-state index in [2.05, 4.69) is 36.8 Å². The fourth-order valence-corrected chi connectivity index (χ4v) is 5.21. The van der Waals surface area contributed by atoms with Crippen LogP contribution < -0.4 is 10.6 Å². The number of piperidine rings is 1. The summed E-state index contributed by atoms with van der Waals surface area (Å²) < 4.78 is 0. The van der Waals surface area contributed by atoms with E-state index in [0.29, 0.717) is 41.9 Å². The van der Waals surface area contributed by atoms with E-state index in [1.165, 1.54) is 12.8 Å². The molecule has 0 aliphatic carbocycles. The van der Waals surface area contributed by atoms with Crippen LogP contribution in [0, 0.1) is 11.3 Å². The lowest BCUT2D eigenvalue weighted by atomic mass is 9.97. The molecule has 0 aromatic carbocycles. The third-order valence-electron chi connectivity index (χ3n) is 6.80. The molecule has 2 aliphatic heterocycles. The van der Waals surface area contributed by atoms with Gasteiger partial charge in [0.25, 0.3) is 0 Å². The standard InChI is InChI=1S/C24H30N8O/c1-24(2,33)20-14-22(31-30-20)28-21-13-19-18(5-3-9-26-19)23(29-21)27-15-11-16-6-7-17(12-15)32(16)10-4-8-25/h3,5,9,13-17,33H,4,6-7,10-12H2,1-2H3,(H3,27,28,29,30,31). The predicted octanol–water partition coefficient (Wildman–Crippen LogP) is 3.64. The lowest BCUT2D eigenvalue weighted by molar-refractivity contribution is 0.0738. The van der Waals surface area contributed by atoms with Crippen molar-refractivity contribution < 1.29 is 5.11 Å². The number of rotatable bonds is 7. The molecule has 0 saturated carbocycles. The topological polar surface area (TPSA) is 126 Å². The summed E-state index contributed by atoms with van der Waals surface area (Å²) in [6, 6.07) is 11.3. The number of hydrogen-bond donors (Lipinski definition) is 4. The molecule has 2 saturated heterocycles. The summed E-state index contributed by atoms with van der Waals surface area (Å²) in [4.78, 5) is 11.9. The molecular weight excluding hydrogens is 416 g/mol. The minimum Gasteiger partial charge on any atom is -0.384 e. The van der Waals surface area contributed by atoms with Gasteiger partial charge >= 0.3 is 0 Å². The molecule has 2 aliphatic rings. The summed E-state index contributed by atoms with van der Waals surface area (Å²) in [6.07, 6.45) is 6.89. The van der Waals surface area contributed by atoms with Crippen molar-refractivity contribution in [2.75, 3.05) is 17.2 Å². The third-order valence-corrected chi connectivity index (χ3v) is 6.80. The number of anilines is 3. The highest BCUT2D eigenvalue weighted by Gasteiger charge is 2.40. The van der Waals surface area contributed by atoms with Crippen LogP contribution in [0.1, 0.15) is 51.6 Å². The predicted molar refractivity (Wildman–Crippen MR) is 127 cm³/mol. The van der Waals surface area contributed by atoms with E-state index < -0.39 is 5.60 Å². The number of aromatic nitrogens is 4. The van der Waals surface area contributed by atoms with Crippen LogP contribution in [0.15, 0.2) is 30.5 Å². The van der Waals surface area contributed by atoms with E-state index in [-0.39, 0.29) is 0 Å². The fourth-order valence-electron chi connectivity index (χ4n) is 5.21. The van der Waals surface area contributed by atoms with E-state index >= 15 is 0 Å². The van der Waals surface area contributed by atoms with Gasteiger partial charge in [-0.15, -0.1) is 0 Å². The molecule has 9 heteroatoms. The highest BCUT2D eigenvalue weighted by molar-refractivity contribution is 5.91. The van der Waals surface area contributed by atoms with Crippen LogP contribution in [0.5, 0.6) is 0 Å². The molecular formula is C24H30N8O. The van der Waals surface area contributed by atoms with Gasteiger partial charge in [-0.05, 0) is 51.7 Å². The van der Waals surface area contributed by atoms with Crippen LogP contribution in [0.25, 0.3) is 10.9 Å². The largest absolute Gasteiger partial charge is 0.384 e. The van der Waals surface area contributed by atoms with Crippen molar-refractivity contribution in [2.24, 2.45) is 0 Å². The molecule has 2 bridgehead atoms. The molecule has 0 amide bonds. The first-order valence-electron chi connectivity index (χ1n) is 11.6. The summed E-state index contributed by atoms with van der Waals surface area (Å²) in [5, 5.41) is 34.2. The smallest absolute Gasteiger partial charge is 0.153 e. The normalized spacial score (nSPS) is 22.9. The number of hydrogen-bond acceptors (Lipinski definition) is 8. The molecule has 4 N–H and O–H groups in total. The van der Waals surface area contributed by atoms with E-state index in [9.17, 15) is 5.11 Å². The maximum atomic E-state index is 10.2. The number of H-pyrrole nitrogens is 1. The van der Waals surface area contributed by atoms with Crippen molar-refractivity contribution in [1.82, 2.24) is 25.1 Å². The Morgan fingerprint density at radius 3 is 2.73 bits per heavy atom. The summed E-state index contributed by atoms with van der Waals surface area (Å²) in [7, 11) is 0. The first-order chi connectivity index (χ1) is 15.9. The second kappa shape index (κ2) is 8.61. The Kier molecular flexibility index (Phi) is 5.64. The summed E-state index contributed by atoms with van der Waals surface area (Å²) in [5.41, 5.74) is 0.477. The van der Waals surface area contributed by atoms with Crippen molar-refractivity contribution >= 4 is 28.4 Å². The van der Waals surface area contributed by atoms with Crippen molar-refractivity contribution in [1.29, 1.82) is 5.26 Å². The highest BCUT2D eigenvalue weighted by atomic mass is 16.3. The number of nitriles is 1. The van der Waals surface area contributed by atoms with Gasteiger partial charge in [-0.3, -0.25) is 15.0 Å². The van der Waals surface area contributed by atoms with Crippen LogP contribution in [0.3, 0.4) is 0 Å². The molecule has 0 radical (unpaired) electrons. The van der Waals surface area contributed by atoms with Crippen LogP contribution in [0.4, 0.5) is 17.5 Å². The molecule has 5 heterocycles. The molecule has 5 rings (SSSR count). The Labute approximate surface area is 193 Å². The molecule has 9 nitrogen and oxygen atoms in total. The quantitative estimate of drug-likeness (QED) is 0.433. The van der Waals surface area contributed by atoms with Gasteiger partial charge in [0.2, 0.25) is 0 Å². The maximum absolute atomic E-state index is 10.2. The Morgan fingerprint density at radius 2 is 2.03 bits per heavy atom. The molecule has 2 atom stereocenters. The van der Waals surface area contributed by atoms with Crippen molar-refractivity contribution in [3.8, 4) is 6.07 Å². The lowest BCUT2D eigenvalue weighted by Crippen LogP contribution is -2.47. The molecule has 33 heavy (non-hydrogen) atoms. The van der Waals surface area contributed by atoms with Gasteiger partial charge in [-0.2, -0.15) is 10.4 Å². The van der Waals surface area contributed by atoms with Gasteiger partial charge in [-0.25, -0.2) is 4.98 Å². The van der Waals surface area contributed by atoms with Gasteiger partial charge in [0.05, 0.1) is 17.3 Å². The Balaban J connectivity index is 1.37. The van der Waals surface area contributed by atoms with Gasteiger partial charge in [-0.1, -0.05) is 0 Å². The molecule has 0 spiro atoms. The molecule has 172 valence electrons. The molecule has 3 aromatic rings. The van der Waals surface area contributed by atoms with E-state index in [1.54, 1.807) is 26.1 Å². The van der Waals surface area contributed by atoms with Gasteiger partial charge in [0.1, 0.15) is 17.2 Å². The summed E-state index contributed by atoms with van der Waals surface area (Å²) in [6.45, 7) is 4.30. The zero-order valence-electron chi connectivity index (χ0n) is 19.0. The number of aliphatic hydroxyl groups is 1. The number of fused-ring (bicyclic) bond motifs is 3. The third kappa shape index (κ3) is 4.49. The SMILES string of the molecule is CC(C)(O)c1cc(Nc2cc3ncccc3c(NC3CC4CCC(C3)N4CCC#N)n2)n[nH]1. The minimum atomic E-state index is -1.00. The summed E-state index contributed by atoms with van der Waals surface area (Å²) >= 11 is 0. The zero-order chi connectivity index (χ0) is 23.0. The van der Waals surface area contributed by atoms with Crippen LogP contribution in [-0.4, -0.2) is 54.8 Å². The number of aromatic amines is 1. The van der Waals surface area contributed by atoms with Crippen LogP contribution in [-0.2, 0) is 5.60 Å². The lowest BCUT2D eigenvalue weighted by Gasteiger charge is -2.39. The molecule has 3 aromatic heterocycles. The second-order valence-electron chi connectivity index (χ2n) is 9.62. The van der Waals surface area contributed by atoms with Gasteiger partial charge < -0.3 is 15.7 Å². The number of nitrogens with one attached hydrogen (secondary N) is 3. The summed E-state index contributed by atoms with van der Waals surface area (Å²) in [5.74, 6) is 2.05. The number of nitrogens with zero attached hydrogens (tertiary/aromatic N) is 5. The molecule has 2 unspecified atom stereocenters. The van der Waals surface area contributed by atoms with Crippen molar-refractivity contribution in [2.45, 2.75) is 69.7 Å². The average Bonchev–Trinajstić information content (AvgIpc) is 3.34. The zero-order valence-corrected chi connectivity index (χ0v) is 19.0. The first kappa shape index (κ1) is 21.6. The van der Waals surface area contributed by atoms with E-state index in [0.717, 1.165) is 36.1 Å². The fraction of sp³-hybridized carbons (Fsp3) is 0.500. The van der Waals surface area contributed by atoms with Gasteiger partial charge in [0, 0.05) is 54.8 Å². The average molecular weight is 447 g/mol. The number of pyridine rings is 2. The molecule has 2 fully saturated rings. The van der Waals surface area contributed by atoms with Crippen LogP contribution in [0.2, 0.25) is 0 Å². The van der Waals surface area contributed by atoms with Crippen LogP contribution >= 0.6 is 0 Å². The van der Waals surface area contributed by atoms with Crippen molar-refractivity contribution in [3.63, 3.8) is 0 Å². The Morgan fingerprint density at radius 1 is 1.24 bits per heavy atom. The van der Waals surface area contributed by atoms with E-state index in [1.807, 2.05) is 18.2 Å². The van der Waals surface area contributed by atoms with E-state index in [4.69, 9.17) is 10.2 Å². The van der Waals surface area contributed by atoms with Crippen molar-refractivity contribution in [3.05, 3.63) is 36.2 Å². The Bertz CT molecular complexity index is 1160. The Hall–Kier alpha value is -3.22.